The van der Waals surface area contributed by atoms with Crippen LogP contribution in [0.15, 0.2) is 30.3 Å². The summed E-state index contributed by atoms with van der Waals surface area (Å²) in [5.74, 6) is 0.164. The lowest BCUT2D eigenvalue weighted by molar-refractivity contribution is 0.0185. The average molecular weight is 281 g/mol. The highest BCUT2D eigenvalue weighted by Gasteiger charge is 2.46. The van der Waals surface area contributed by atoms with Gasteiger partial charge in [-0.05, 0) is 37.2 Å². The molecule has 1 unspecified atom stereocenters. The third-order valence-corrected chi connectivity index (χ3v) is 5.93. The van der Waals surface area contributed by atoms with E-state index in [9.17, 15) is 13.5 Å². The Bertz CT molecular complexity index is 549. The van der Waals surface area contributed by atoms with Gasteiger partial charge < -0.3 is 5.11 Å². The topological polar surface area (TPSA) is 66.4 Å². The Morgan fingerprint density at radius 2 is 1.79 bits per heavy atom. The van der Waals surface area contributed by atoms with E-state index < -0.39 is 15.6 Å². The van der Waals surface area contributed by atoms with Crippen LogP contribution in [0.4, 0.5) is 0 Å². The standard InChI is InChI=1S/C14H19NO3S/c16-14(12-6-7-12,11-4-2-1-3-5-11)10-15-19(17,18)13-8-9-13/h1-5,12-13,15-16H,6-10H2. The lowest BCUT2D eigenvalue weighted by atomic mass is 9.89. The van der Waals surface area contributed by atoms with Crippen molar-refractivity contribution in [3.63, 3.8) is 0 Å². The first kappa shape index (κ1) is 13.1. The van der Waals surface area contributed by atoms with Crippen molar-refractivity contribution in [2.75, 3.05) is 6.54 Å². The smallest absolute Gasteiger partial charge is 0.214 e. The van der Waals surface area contributed by atoms with Gasteiger partial charge in [-0.3, -0.25) is 0 Å². The van der Waals surface area contributed by atoms with E-state index in [1.165, 1.54) is 0 Å². The molecule has 0 aliphatic heterocycles. The third kappa shape index (κ3) is 2.68. The van der Waals surface area contributed by atoms with Crippen LogP contribution in [0, 0.1) is 5.92 Å². The van der Waals surface area contributed by atoms with Gasteiger partial charge in [-0.1, -0.05) is 30.3 Å². The highest BCUT2D eigenvalue weighted by atomic mass is 32.2. The normalized spacial score (nSPS) is 23.0. The van der Waals surface area contributed by atoms with Gasteiger partial charge in [0.05, 0.1) is 5.25 Å². The SMILES string of the molecule is O=S(=O)(NCC(O)(c1ccccc1)C1CC1)C1CC1. The molecule has 1 atom stereocenters. The van der Waals surface area contributed by atoms with Crippen LogP contribution in [0.2, 0.25) is 0 Å². The van der Waals surface area contributed by atoms with Crippen molar-refractivity contribution in [2.24, 2.45) is 5.92 Å². The molecule has 0 amide bonds. The lowest BCUT2D eigenvalue weighted by Gasteiger charge is -2.29. The highest BCUT2D eigenvalue weighted by Crippen LogP contribution is 2.45. The first-order valence-electron chi connectivity index (χ1n) is 6.79. The van der Waals surface area contributed by atoms with Gasteiger partial charge in [-0.15, -0.1) is 0 Å². The zero-order valence-corrected chi connectivity index (χ0v) is 11.6. The second kappa shape index (κ2) is 4.58. The Kier molecular flexibility index (Phi) is 3.15. The molecule has 4 nitrogen and oxygen atoms in total. The van der Waals surface area contributed by atoms with Crippen molar-refractivity contribution in [1.82, 2.24) is 4.72 Å². The fourth-order valence-electron chi connectivity index (χ4n) is 2.48. The average Bonchev–Trinajstić information content (AvgIpc) is 3.29. The molecule has 0 heterocycles. The maximum Gasteiger partial charge on any atom is 0.214 e. The Balaban J connectivity index is 1.78. The minimum Gasteiger partial charge on any atom is -0.383 e. The van der Waals surface area contributed by atoms with Crippen molar-refractivity contribution < 1.29 is 13.5 Å². The summed E-state index contributed by atoms with van der Waals surface area (Å²) in [7, 11) is -3.24. The molecule has 0 spiro atoms. The van der Waals surface area contributed by atoms with Crippen molar-refractivity contribution in [3.8, 4) is 0 Å². The molecule has 0 saturated heterocycles. The maximum absolute atomic E-state index is 11.9. The minimum absolute atomic E-state index is 0.0838. The maximum atomic E-state index is 11.9. The first-order valence-corrected chi connectivity index (χ1v) is 8.33. The summed E-state index contributed by atoms with van der Waals surface area (Å²) in [6, 6.07) is 9.37. The quantitative estimate of drug-likeness (QED) is 0.827. The molecule has 2 N–H and O–H groups in total. The van der Waals surface area contributed by atoms with Crippen molar-refractivity contribution in [2.45, 2.75) is 36.5 Å². The summed E-state index contributed by atoms with van der Waals surface area (Å²) in [4.78, 5) is 0. The second-order valence-electron chi connectivity index (χ2n) is 5.63. The van der Waals surface area contributed by atoms with E-state index in [0.717, 1.165) is 31.2 Å². The van der Waals surface area contributed by atoms with Crippen LogP contribution in [0.25, 0.3) is 0 Å². The molecule has 19 heavy (non-hydrogen) atoms. The van der Waals surface area contributed by atoms with Crippen LogP contribution in [-0.4, -0.2) is 25.3 Å². The van der Waals surface area contributed by atoms with Gasteiger partial charge in [0.2, 0.25) is 10.0 Å². The summed E-state index contributed by atoms with van der Waals surface area (Å²) < 4.78 is 26.4. The van der Waals surface area contributed by atoms with Gasteiger partial charge in [0.25, 0.3) is 0 Å². The second-order valence-corrected chi connectivity index (χ2v) is 7.68. The summed E-state index contributed by atoms with van der Waals surface area (Å²) in [6.07, 6.45) is 3.39. The number of benzene rings is 1. The lowest BCUT2D eigenvalue weighted by Crippen LogP contribution is -2.43. The number of sulfonamides is 1. The van der Waals surface area contributed by atoms with Crippen molar-refractivity contribution >= 4 is 10.0 Å². The number of nitrogens with one attached hydrogen (secondary N) is 1. The summed E-state index contributed by atoms with van der Waals surface area (Å²) >= 11 is 0. The molecule has 1 aromatic carbocycles. The third-order valence-electron chi connectivity index (χ3n) is 4.03. The molecular formula is C14H19NO3S. The predicted octanol–water partition coefficient (Wildman–Crippen LogP) is 1.37. The summed E-state index contributed by atoms with van der Waals surface area (Å²) in [6.45, 7) is 0.0838. The van der Waals surface area contributed by atoms with E-state index in [1.54, 1.807) is 0 Å². The fraction of sp³-hybridized carbons (Fsp3) is 0.571. The number of hydrogen-bond acceptors (Lipinski definition) is 3. The van der Waals surface area contributed by atoms with Gasteiger partial charge in [0.15, 0.2) is 0 Å². The molecular weight excluding hydrogens is 262 g/mol. The largest absolute Gasteiger partial charge is 0.383 e. The Morgan fingerprint density at radius 3 is 2.32 bits per heavy atom. The van der Waals surface area contributed by atoms with E-state index in [2.05, 4.69) is 4.72 Å². The molecule has 3 rings (SSSR count). The predicted molar refractivity (Wildman–Crippen MR) is 73.0 cm³/mol. The minimum atomic E-state index is -3.24. The van der Waals surface area contributed by atoms with E-state index >= 15 is 0 Å². The van der Waals surface area contributed by atoms with E-state index in [4.69, 9.17) is 0 Å². The number of hydrogen-bond donors (Lipinski definition) is 2. The van der Waals surface area contributed by atoms with Gasteiger partial charge in [0, 0.05) is 6.54 Å². The van der Waals surface area contributed by atoms with Crippen LogP contribution < -0.4 is 4.72 Å². The Hall–Kier alpha value is -0.910. The monoisotopic (exact) mass is 281 g/mol. The molecule has 5 heteroatoms. The molecule has 0 bridgehead atoms. The van der Waals surface area contributed by atoms with Crippen molar-refractivity contribution in [1.29, 1.82) is 0 Å². The highest BCUT2D eigenvalue weighted by molar-refractivity contribution is 7.90. The van der Waals surface area contributed by atoms with Crippen LogP contribution in [-0.2, 0) is 15.6 Å². The van der Waals surface area contributed by atoms with E-state index in [0.29, 0.717) is 0 Å². The first-order chi connectivity index (χ1) is 9.02. The summed E-state index contributed by atoms with van der Waals surface area (Å²) in [5.41, 5.74) is -0.264. The zero-order chi connectivity index (χ0) is 13.5. The molecule has 104 valence electrons. The molecule has 2 saturated carbocycles. The van der Waals surface area contributed by atoms with Gasteiger partial charge >= 0.3 is 0 Å². The summed E-state index contributed by atoms with van der Waals surface area (Å²) in [5, 5.41) is 10.6. The van der Waals surface area contributed by atoms with Gasteiger partial charge in [-0.2, -0.15) is 0 Å². The van der Waals surface area contributed by atoms with Crippen LogP contribution in [0.3, 0.4) is 0 Å². The van der Waals surface area contributed by atoms with Crippen molar-refractivity contribution in [3.05, 3.63) is 35.9 Å². The molecule has 2 fully saturated rings. The number of rotatable bonds is 6. The Labute approximate surface area is 113 Å². The number of aliphatic hydroxyl groups is 1. The van der Waals surface area contributed by atoms with Crippen LogP contribution in [0.5, 0.6) is 0 Å². The molecule has 2 aliphatic carbocycles. The molecule has 2 aliphatic rings. The van der Waals surface area contributed by atoms with Gasteiger partial charge in [0.1, 0.15) is 5.60 Å². The van der Waals surface area contributed by atoms with Crippen LogP contribution in [0.1, 0.15) is 31.2 Å². The van der Waals surface area contributed by atoms with Gasteiger partial charge in [-0.25, -0.2) is 13.1 Å². The molecule has 1 aromatic rings. The van der Waals surface area contributed by atoms with Crippen LogP contribution >= 0.6 is 0 Å². The Morgan fingerprint density at radius 1 is 1.16 bits per heavy atom. The zero-order valence-electron chi connectivity index (χ0n) is 10.7. The van der Waals surface area contributed by atoms with E-state index in [1.807, 2.05) is 30.3 Å². The molecule has 0 aromatic heterocycles. The fourth-order valence-corrected chi connectivity index (χ4v) is 3.89. The molecule has 0 radical (unpaired) electrons. The van der Waals surface area contributed by atoms with E-state index in [-0.39, 0.29) is 17.7 Å².